The van der Waals surface area contributed by atoms with E-state index in [1.807, 2.05) is 20.8 Å². The van der Waals surface area contributed by atoms with E-state index in [0.717, 1.165) is 14.9 Å². The third-order valence-electron chi connectivity index (χ3n) is 7.12. The van der Waals surface area contributed by atoms with Crippen molar-refractivity contribution in [2.45, 2.75) is 32.8 Å². The number of pyridine rings is 2. The van der Waals surface area contributed by atoms with E-state index >= 15 is 4.39 Å². The number of nitrogens with zero attached hydrogens (tertiary/aromatic N) is 7. The SMILES string of the molecule is CN(C)C(=O)c1ccc(Nc2cc(-c3ccnc(-n4ncc5cc(C(C)(C)C)cc(F)c5c4=O)c3CO)nn(C)c2=O)nc1. The number of aromatic nitrogens is 6. The molecule has 0 unspecified atom stereocenters. The lowest BCUT2D eigenvalue weighted by Crippen LogP contribution is -2.25. The number of aliphatic hydroxyl groups excluding tert-OH is 1. The molecule has 0 spiro atoms. The molecule has 4 heterocycles. The minimum absolute atomic E-state index is 0.0100. The summed E-state index contributed by atoms with van der Waals surface area (Å²) >= 11 is 0. The fourth-order valence-corrected chi connectivity index (χ4v) is 4.70. The molecule has 0 saturated carbocycles. The lowest BCUT2D eigenvalue weighted by molar-refractivity contribution is 0.0827. The van der Waals surface area contributed by atoms with Crippen LogP contribution < -0.4 is 16.4 Å². The zero-order valence-corrected chi connectivity index (χ0v) is 25.1. The summed E-state index contributed by atoms with van der Waals surface area (Å²) in [5, 5.41) is 22.2. The Kier molecular flexibility index (Phi) is 7.83. The second-order valence-corrected chi connectivity index (χ2v) is 11.5. The number of aryl methyl sites for hydroxylation is 1. The van der Waals surface area contributed by atoms with Crippen LogP contribution in [0.4, 0.5) is 15.9 Å². The van der Waals surface area contributed by atoms with Crippen LogP contribution >= 0.6 is 0 Å². The van der Waals surface area contributed by atoms with Gasteiger partial charge in [-0.2, -0.15) is 14.9 Å². The topological polar surface area (TPSA) is 148 Å². The van der Waals surface area contributed by atoms with Crippen molar-refractivity contribution in [1.29, 1.82) is 0 Å². The van der Waals surface area contributed by atoms with Gasteiger partial charge in [-0.1, -0.05) is 20.8 Å². The van der Waals surface area contributed by atoms with Gasteiger partial charge in [-0.05, 0) is 47.4 Å². The average molecular weight is 599 g/mol. The van der Waals surface area contributed by atoms with Gasteiger partial charge in [0.2, 0.25) is 0 Å². The Morgan fingerprint density at radius 2 is 1.80 bits per heavy atom. The van der Waals surface area contributed by atoms with Crippen LogP contribution in [0.2, 0.25) is 0 Å². The quantitative estimate of drug-likeness (QED) is 0.300. The highest BCUT2D eigenvalue weighted by Gasteiger charge is 2.22. The number of anilines is 2. The number of aliphatic hydroxyl groups is 1. The monoisotopic (exact) mass is 598 g/mol. The third-order valence-corrected chi connectivity index (χ3v) is 7.12. The maximum Gasteiger partial charge on any atom is 0.290 e. The van der Waals surface area contributed by atoms with Crippen LogP contribution in [0.5, 0.6) is 0 Å². The Hall–Kier alpha value is -5.30. The molecule has 1 aromatic carbocycles. The van der Waals surface area contributed by atoms with E-state index in [1.165, 1.54) is 42.7 Å². The van der Waals surface area contributed by atoms with E-state index in [2.05, 4.69) is 25.5 Å². The molecular weight excluding hydrogens is 567 g/mol. The standard InChI is InChI=1S/C31H31FN8O4/c1-31(2,3)19-11-18-15-35-40(30(44)26(18)22(32)12-19)27-21(16-41)20(9-10-33-27)23-13-24(29(43)39(6)37-23)36-25-8-7-17(14-34-25)28(42)38(4)5/h7-15,41H,16H2,1-6H3,(H,34,36). The van der Waals surface area contributed by atoms with Gasteiger partial charge in [-0.3, -0.25) is 14.4 Å². The fourth-order valence-electron chi connectivity index (χ4n) is 4.70. The minimum atomic E-state index is -0.738. The van der Waals surface area contributed by atoms with Crippen LogP contribution in [0.25, 0.3) is 27.8 Å². The Bertz CT molecular complexity index is 2030. The van der Waals surface area contributed by atoms with Crippen LogP contribution in [0.15, 0.2) is 64.6 Å². The molecule has 226 valence electrons. The summed E-state index contributed by atoms with van der Waals surface area (Å²) in [4.78, 5) is 48.6. The molecule has 1 amide bonds. The Morgan fingerprint density at radius 3 is 2.43 bits per heavy atom. The first-order valence-corrected chi connectivity index (χ1v) is 13.6. The number of carbonyl (C=O) groups excluding carboxylic acids is 1. The smallest absolute Gasteiger partial charge is 0.290 e. The van der Waals surface area contributed by atoms with Crippen LogP contribution in [0.1, 0.15) is 42.3 Å². The molecule has 0 atom stereocenters. The molecule has 0 aliphatic rings. The first-order chi connectivity index (χ1) is 20.8. The summed E-state index contributed by atoms with van der Waals surface area (Å²) in [5.41, 5.74) is 0.518. The lowest BCUT2D eigenvalue weighted by Gasteiger charge is -2.20. The molecule has 5 aromatic rings. The second-order valence-electron chi connectivity index (χ2n) is 11.5. The van der Waals surface area contributed by atoms with Gasteiger partial charge in [-0.15, -0.1) is 0 Å². The number of hydrogen-bond acceptors (Lipinski definition) is 9. The Labute approximate surface area is 251 Å². The number of benzene rings is 1. The van der Waals surface area contributed by atoms with Crippen molar-refractivity contribution in [1.82, 2.24) is 34.4 Å². The van der Waals surface area contributed by atoms with Gasteiger partial charge in [0.05, 0.1) is 29.4 Å². The van der Waals surface area contributed by atoms with Crippen LogP contribution in [0, 0.1) is 5.82 Å². The number of carbonyl (C=O) groups is 1. The predicted molar refractivity (Wildman–Crippen MR) is 164 cm³/mol. The predicted octanol–water partition coefficient (Wildman–Crippen LogP) is 3.31. The molecular formula is C31H31FN8O4. The molecule has 5 rings (SSSR count). The van der Waals surface area contributed by atoms with Gasteiger partial charge in [-0.25, -0.2) is 19.0 Å². The summed E-state index contributed by atoms with van der Waals surface area (Å²) < 4.78 is 17.3. The van der Waals surface area contributed by atoms with E-state index in [0.29, 0.717) is 22.3 Å². The normalized spacial score (nSPS) is 11.5. The number of fused-ring (bicyclic) bond motifs is 1. The molecule has 44 heavy (non-hydrogen) atoms. The minimum Gasteiger partial charge on any atom is -0.392 e. The van der Waals surface area contributed by atoms with Crippen molar-refractivity contribution in [3.05, 3.63) is 98.2 Å². The number of halogens is 1. The Morgan fingerprint density at radius 1 is 1.05 bits per heavy atom. The van der Waals surface area contributed by atoms with Crippen molar-refractivity contribution in [3.8, 4) is 17.1 Å². The first kappa shape index (κ1) is 30.2. The number of hydrogen-bond donors (Lipinski definition) is 2. The van der Waals surface area contributed by atoms with Gasteiger partial charge < -0.3 is 15.3 Å². The summed E-state index contributed by atoms with van der Waals surface area (Å²) in [7, 11) is 4.73. The van der Waals surface area contributed by atoms with Gasteiger partial charge >= 0.3 is 0 Å². The van der Waals surface area contributed by atoms with Crippen LogP contribution in [-0.2, 0) is 19.1 Å². The highest BCUT2D eigenvalue weighted by atomic mass is 19.1. The van der Waals surface area contributed by atoms with E-state index in [4.69, 9.17) is 0 Å². The molecule has 4 aromatic heterocycles. The molecule has 0 aliphatic carbocycles. The molecule has 0 bridgehead atoms. The van der Waals surface area contributed by atoms with Crippen LogP contribution in [0.3, 0.4) is 0 Å². The number of rotatable bonds is 6. The van der Waals surface area contributed by atoms with Crippen molar-refractivity contribution in [3.63, 3.8) is 0 Å². The second kappa shape index (κ2) is 11.4. The first-order valence-electron chi connectivity index (χ1n) is 13.6. The summed E-state index contributed by atoms with van der Waals surface area (Å²) in [6, 6.07) is 9.29. The van der Waals surface area contributed by atoms with E-state index < -0.39 is 23.5 Å². The van der Waals surface area contributed by atoms with Crippen LogP contribution in [-0.4, -0.2) is 59.5 Å². The van der Waals surface area contributed by atoms with Gasteiger partial charge in [0, 0.05) is 50.0 Å². The largest absolute Gasteiger partial charge is 0.392 e. The molecule has 12 nitrogen and oxygen atoms in total. The molecule has 13 heteroatoms. The molecule has 0 fully saturated rings. The van der Waals surface area contributed by atoms with Crippen molar-refractivity contribution >= 4 is 28.2 Å². The van der Waals surface area contributed by atoms with E-state index in [-0.39, 0.29) is 39.5 Å². The maximum atomic E-state index is 15.3. The van der Waals surface area contributed by atoms with E-state index in [1.54, 1.807) is 38.4 Å². The zero-order valence-electron chi connectivity index (χ0n) is 25.1. The van der Waals surface area contributed by atoms with Crippen molar-refractivity contribution < 1.29 is 14.3 Å². The maximum absolute atomic E-state index is 15.3. The highest BCUT2D eigenvalue weighted by molar-refractivity contribution is 5.93. The number of nitrogens with one attached hydrogen (secondary N) is 1. The van der Waals surface area contributed by atoms with Crippen molar-refractivity contribution in [2.75, 3.05) is 19.4 Å². The molecule has 0 radical (unpaired) electrons. The lowest BCUT2D eigenvalue weighted by atomic mass is 9.86. The third kappa shape index (κ3) is 5.56. The Balaban J connectivity index is 1.59. The number of amides is 1. The van der Waals surface area contributed by atoms with Gasteiger partial charge in [0.15, 0.2) is 5.82 Å². The molecule has 0 saturated heterocycles. The average Bonchev–Trinajstić information content (AvgIpc) is 2.98. The molecule has 0 aliphatic heterocycles. The van der Waals surface area contributed by atoms with Gasteiger partial charge in [0.1, 0.15) is 17.3 Å². The van der Waals surface area contributed by atoms with Gasteiger partial charge in [0.25, 0.3) is 17.0 Å². The highest BCUT2D eigenvalue weighted by Crippen LogP contribution is 2.29. The van der Waals surface area contributed by atoms with Crippen molar-refractivity contribution in [2.24, 2.45) is 7.05 Å². The summed E-state index contributed by atoms with van der Waals surface area (Å²) in [5.74, 6) is -0.591. The summed E-state index contributed by atoms with van der Waals surface area (Å²) in [6.45, 7) is 5.27. The fraction of sp³-hybridized carbons (Fsp3) is 0.258. The zero-order chi connectivity index (χ0) is 31.9. The molecule has 2 N–H and O–H groups in total. The summed E-state index contributed by atoms with van der Waals surface area (Å²) in [6.07, 6.45) is 4.20. The van der Waals surface area contributed by atoms with E-state index in [9.17, 15) is 19.5 Å².